The molecule has 2 rings (SSSR count). The molecule has 1 aliphatic rings. The molecule has 3 unspecified atom stereocenters. The van der Waals surface area contributed by atoms with Gasteiger partial charge in [0.15, 0.2) is 0 Å². The smallest absolute Gasteiger partial charge is 0.0627 e. The van der Waals surface area contributed by atoms with Crippen LogP contribution >= 0.6 is 0 Å². The molecule has 1 N–H and O–H groups in total. The molecule has 102 valence electrons. The average molecular weight is 249 g/mol. The minimum absolute atomic E-state index is 0.694. The SMILES string of the molecule is CCNC1CCC(CC)CC1Cc1ccn(C)n1. The zero-order valence-electron chi connectivity index (χ0n) is 12.0. The van der Waals surface area contributed by atoms with Gasteiger partial charge >= 0.3 is 0 Å². The summed E-state index contributed by atoms with van der Waals surface area (Å²) in [4.78, 5) is 0. The number of hydrogen-bond donors (Lipinski definition) is 1. The third-order valence-electron chi connectivity index (χ3n) is 4.37. The molecule has 3 heteroatoms. The number of aromatic nitrogens is 2. The predicted molar refractivity (Wildman–Crippen MR) is 75.5 cm³/mol. The van der Waals surface area contributed by atoms with E-state index >= 15 is 0 Å². The quantitative estimate of drug-likeness (QED) is 0.869. The number of hydrogen-bond acceptors (Lipinski definition) is 2. The van der Waals surface area contributed by atoms with Crippen LogP contribution in [0.3, 0.4) is 0 Å². The molecule has 1 aromatic heterocycles. The molecular weight excluding hydrogens is 222 g/mol. The van der Waals surface area contributed by atoms with Crippen molar-refractivity contribution in [2.45, 2.75) is 52.0 Å². The van der Waals surface area contributed by atoms with E-state index in [0.29, 0.717) is 6.04 Å². The first kappa shape index (κ1) is 13.6. The largest absolute Gasteiger partial charge is 0.314 e. The fourth-order valence-corrected chi connectivity index (χ4v) is 3.33. The molecule has 0 amide bonds. The lowest BCUT2D eigenvalue weighted by atomic mass is 9.75. The van der Waals surface area contributed by atoms with Gasteiger partial charge in [0.2, 0.25) is 0 Å². The molecule has 18 heavy (non-hydrogen) atoms. The lowest BCUT2D eigenvalue weighted by Crippen LogP contribution is -2.41. The third kappa shape index (κ3) is 3.35. The summed E-state index contributed by atoms with van der Waals surface area (Å²) in [6, 6.07) is 2.86. The molecule has 0 spiro atoms. The molecule has 1 saturated carbocycles. The van der Waals surface area contributed by atoms with Crippen LogP contribution in [0.5, 0.6) is 0 Å². The van der Waals surface area contributed by atoms with Crippen LogP contribution in [-0.4, -0.2) is 22.4 Å². The molecule has 1 fully saturated rings. The van der Waals surface area contributed by atoms with Gasteiger partial charge in [-0.1, -0.05) is 20.3 Å². The molecular formula is C15H27N3. The van der Waals surface area contributed by atoms with Crippen molar-refractivity contribution in [2.24, 2.45) is 18.9 Å². The molecule has 1 aromatic rings. The lowest BCUT2D eigenvalue weighted by molar-refractivity contribution is 0.198. The minimum atomic E-state index is 0.694. The Morgan fingerprint density at radius 3 is 2.83 bits per heavy atom. The van der Waals surface area contributed by atoms with Crippen LogP contribution in [0, 0.1) is 11.8 Å². The maximum absolute atomic E-state index is 4.54. The van der Waals surface area contributed by atoms with E-state index in [9.17, 15) is 0 Å². The molecule has 1 heterocycles. The summed E-state index contributed by atoms with van der Waals surface area (Å²) in [7, 11) is 2.00. The van der Waals surface area contributed by atoms with E-state index in [1.54, 1.807) is 0 Å². The second kappa shape index (κ2) is 6.37. The normalized spacial score (nSPS) is 28.5. The summed E-state index contributed by atoms with van der Waals surface area (Å²) < 4.78 is 1.91. The van der Waals surface area contributed by atoms with E-state index < -0.39 is 0 Å². The molecule has 3 nitrogen and oxygen atoms in total. The highest BCUT2D eigenvalue weighted by Crippen LogP contribution is 2.33. The van der Waals surface area contributed by atoms with Gasteiger partial charge in [-0.2, -0.15) is 5.10 Å². The van der Waals surface area contributed by atoms with E-state index in [0.717, 1.165) is 24.8 Å². The van der Waals surface area contributed by atoms with Crippen LogP contribution in [-0.2, 0) is 13.5 Å². The summed E-state index contributed by atoms with van der Waals surface area (Å²) in [5.41, 5.74) is 1.25. The molecule has 1 aliphatic carbocycles. The topological polar surface area (TPSA) is 29.9 Å². The van der Waals surface area contributed by atoms with Crippen molar-refractivity contribution in [3.8, 4) is 0 Å². The Balaban J connectivity index is 2.00. The van der Waals surface area contributed by atoms with E-state index in [4.69, 9.17) is 0 Å². The highest BCUT2D eigenvalue weighted by atomic mass is 15.2. The van der Waals surface area contributed by atoms with Crippen molar-refractivity contribution in [3.63, 3.8) is 0 Å². The maximum Gasteiger partial charge on any atom is 0.0627 e. The Hall–Kier alpha value is -0.830. The summed E-state index contributed by atoms with van der Waals surface area (Å²) >= 11 is 0. The predicted octanol–water partition coefficient (Wildman–Crippen LogP) is 2.77. The Morgan fingerprint density at radius 2 is 2.22 bits per heavy atom. The van der Waals surface area contributed by atoms with Gasteiger partial charge in [-0.15, -0.1) is 0 Å². The maximum atomic E-state index is 4.54. The van der Waals surface area contributed by atoms with E-state index in [1.807, 2.05) is 11.7 Å². The zero-order valence-corrected chi connectivity index (χ0v) is 12.0. The fourth-order valence-electron chi connectivity index (χ4n) is 3.33. The van der Waals surface area contributed by atoms with Gasteiger partial charge in [-0.3, -0.25) is 4.68 Å². The Morgan fingerprint density at radius 1 is 1.39 bits per heavy atom. The second-order valence-electron chi connectivity index (χ2n) is 5.70. The van der Waals surface area contributed by atoms with Crippen LogP contribution in [0.2, 0.25) is 0 Å². The molecule has 3 atom stereocenters. The van der Waals surface area contributed by atoms with Gasteiger partial charge in [0, 0.05) is 19.3 Å². The number of nitrogens with zero attached hydrogens (tertiary/aromatic N) is 2. The number of nitrogens with one attached hydrogen (secondary N) is 1. The van der Waals surface area contributed by atoms with Gasteiger partial charge in [-0.25, -0.2) is 0 Å². The highest BCUT2D eigenvalue weighted by molar-refractivity contribution is 5.02. The Kier molecular flexibility index (Phi) is 4.81. The average Bonchev–Trinajstić information content (AvgIpc) is 2.77. The van der Waals surface area contributed by atoms with Gasteiger partial charge in [0.05, 0.1) is 5.69 Å². The number of rotatable bonds is 5. The zero-order chi connectivity index (χ0) is 13.0. The molecule has 0 aromatic carbocycles. The molecule has 0 bridgehead atoms. The van der Waals surface area contributed by atoms with E-state index in [1.165, 1.54) is 31.4 Å². The summed E-state index contributed by atoms with van der Waals surface area (Å²) in [6.07, 6.45) is 8.62. The minimum Gasteiger partial charge on any atom is -0.314 e. The first-order valence-electron chi connectivity index (χ1n) is 7.44. The van der Waals surface area contributed by atoms with E-state index in [2.05, 4.69) is 36.5 Å². The van der Waals surface area contributed by atoms with Crippen LogP contribution < -0.4 is 5.32 Å². The van der Waals surface area contributed by atoms with Crippen molar-refractivity contribution in [1.82, 2.24) is 15.1 Å². The van der Waals surface area contributed by atoms with Crippen LogP contribution in [0.15, 0.2) is 12.3 Å². The summed E-state index contributed by atoms with van der Waals surface area (Å²) in [6.45, 7) is 5.62. The fraction of sp³-hybridized carbons (Fsp3) is 0.800. The van der Waals surface area contributed by atoms with Gasteiger partial charge in [0.1, 0.15) is 0 Å². The van der Waals surface area contributed by atoms with Crippen molar-refractivity contribution < 1.29 is 0 Å². The van der Waals surface area contributed by atoms with Crippen molar-refractivity contribution >= 4 is 0 Å². The Bertz CT molecular complexity index is 358. The molecule has 0 saturated heterocycles. The van der Waals surface area contributed by atoms with E-state index in [-0.39, 0.29) is 0 Å². The van der Waals surface area contributed by atoms with Gasteiger partial charge in [0.25, 0.3) is 0 Å². The van der Waals surface area contributed by atoms with Gasteiger partial charge < -0.3 is 5.32 Å². The third-order valence-corrected chi connectivity index (χ3v) is 4.37. The number of aryl methyl sites for hydroxylation is 1. The van der Waals surface area contributed by atoms with Crippen LogP contribution in [0.4, 0.5) is 0 Å². The summed E-state index contributed by atoms with van der Waals surface area (Å²) in [5, 5.41) is 8.21. The standard InChI is InChI=1S/C15H27N3/c1-4-12-6-7-15(16-5-2)13(10-12)11-14-8-9-18(3)17-14/h8-9,12-13,15-16H,4-7,10-11H2,1-3H3. The van der Waals surface area contributed by atoms with Crippen LogP contribution in [0.25, 0.3) is 0 Å². The molecule has 0 aliphatic heterocycles. The molecule has 0 radical (unpaired) electrons. The van der Waals surface area contributed by atoms with Gasteiger partial charge in [-0.05, 0) is 50.1 Å². The first-order chi connectivity index (χ1) is 8.72. The second-order valence-corrected chi connectivity index (χ2v) is 5.70. The highest BCUT2D eigenvalue weighted by Gasteiger charge is 2.29. The first-order valence-corrected chi connectivity index (χ1v) is 7.44. The Labute approximate surface area is 111 Å². The van der Waals surface area contributed by atoms with Crippen LogP contribution in [0.1, 0.15) is 45.2 Å². The summed E-state index contributed by atoms with van der Waals surface area (Å²) in [5.74, 6) is 1.69. The van der Waals surface area contributed by atoms with Crippen molar-refractivity contribution in [1.29, 1.82) is 0 Å². The van der Waals surface area contributed by atoms with Crippen molar-refractivity contribution in [3.05, 3.63) is 18.0 Å². The van der Waals surface area contributed by atoms with Crippen molar-refractivity contribution in [2.75, 3.05) is 6.54 Å². The monoisotopic (exact) mass is 249 g/mol. The lowest BCUT2D eigenvalue weighted by Gasteiger charge is -2.36.